The van der Waals surface area contributed by atoms with Gasteiger partial charge in [-0.2, -0.15) is 0 Å². The van der Waals surface area contributed by atoms with E-state index in [4.69, 9.17) is 4.74 Å². The topological polar surface area (TPSA) is 65.6 Å². The standard InChI is InChI=1S/C25H25N3O3/c1-25-23-22(17-8-3-5-9-19(17)26-23)18(16-7-4-6-10-20(16)31-2)13-28(25)21(29)14-27(24(25)30)15-11-12-15/h3-10,15,18,26H,11-14H2,1-2H3. The number of rotatable bonds is 3. The third-order valence-electron chi connectivity index (χ3n) is 7.27. The largest absolute Gasteiger partial charge is 0.496 e. The summed E-state index contributed by atoms with van der Waals surface area (Å²) in [7, 11) is 1.67. The zero-order valence-corrected chi connectivity index (χ0v) is 17.7. The molecule has 158 valence electrons. The minimum absolute atomic E-state index is 0.0122. The first kappa shape index (κ1) is 18.5. The fraction of sp³-hybridized carbons (Fsp3) is 0.360. The highest BCUT2D eigenvalue weighted by Gasteiger charge is 2.58. The fourth-order valence-corrected chi connectivity index (χ4v) is 5.55. The number of benzene rings is 2. The third kappa shape index (κ3) is 2.44. The van der Waals surface area contributed by atoms with Gasteiger partial charge in [-0.15, -0.1) is 0 Å². The highest BCUT2D eigenvalue weighted by molar-refractivity contribution is 6.01. The summed E-state index contributed by atoms with van der Waals surface area (Å²) in [5.74, 6) is 0.751. The van der Waals surface area contributed by atoms with Crippen LogP contribution in [0.25, 0.3) is 10.9 Å². The summed E-state index contributed by atoms with van der Waals surface area (Å²) < 4.78 is 5.68. The molecule has 1 saturated carbocycles. The minimum Gasteiger partial charge on any atom is -0.496 e. The molecular formula is C25H25N3O3. The zero-order chi connectivity index (χ0) is 21.3. The quantitative estimate of drug-likeness (QED) is 0.713. The Morgan fingerprint density at radius 3 is 2.58 bits per heavy atom. The van der Waals surface area contributed by atoms with E-state index in [1.54, 1.807) is 16.9 Å². The second-order valence-electron chi connectivity index (χ2n) is 8.99. The van der Waals surface area contributed by atoms with Crippen LogP contribution in [0.15, 0.2) is 48.5 Å². The van der Waals surface area contributed by atoms with Gasteiger partial charge in [0.25, 0.3) is 5.91 Å². The van der Waals surface area contributed by atoms with E-state index in [9.17, 15) is 9.59 Å². The normalized spacial score (nSPS) is 25.5. The minimum atomic E-state index is -1.02. The molecule has 3 heterocycles. The van der Waals surface area contributed by atoms with Crippen molar-refractivity contribution in [1.82, 2.24) is 14.8 Å². The van der Waals surface area contributed by atoms with Crippen LogP contribution in [0.1, 0.15) is 42.5 Å². The van der Waals surface area contributed by atoms with Gasteiger partial charge in [0.05, 0.1) is 12.8 Å². The molecule has 0 radical (unpaired) electrons. The Bertz CT molecular complexity index is 1230. The van der Waals surface area contributed by atoms with Crippen molar-refractivity contribution in [3.63, 3.8) is 0 Å². The summed E-state index contributed by atoms with van der Waals surface area (Å²) in [6.07, 6.45) is 1.97. The molecule has 6 rings (SSSR count). The summed E-state index contributed by atoms with van der Waals surface area (Å²) in [4.78, 5) is 34.3. The third-order valence-corrected chi connectivity index (χ3v) is 7.27. The molecule has 6 nitrogen and oxygen atoms in total. The van der Waals surface area contributed by atoms with Crippen molar-refractivity contribution in [2.45, 2.75) is 37.3 Å². The number of carbonyl (C=O) groups excluding carboxylic acids is 2. The maximum Gasteiger partial charge on any atom is 0.255 e. The number of H-pyrrole nitrogens is 1. The van der Waals surface area contributed by atoms with Crippen molar-refractivity contribution < 1.29 is 14.3 Å². The van der Waals surface area contributed by atoms with E-state index in [-0.39, 0.29) is 30.3 Å². The Hall–Kier alpha value is -3.28. The lowest BCUT2D eigenvalue weighted by Crippen LogP contribution is -2.67. The van der Waals surface area contributed by atoms with Gasteiger partial charge in [-0.1, -0.05) is 36.4 Å². The van der Waals surface area contributed by atoms with Crippen molar-refractivity contribution in [2.24, 2.45) is 0 Å². The zero-order valence-electron chi connectivity index (χ0n) is 17.7. The van der Waals surface area contributed by atoms with Crippen LogP contribution in [-0.2, 0) is 15.1 Å². The van der Waals surface area contributed by atoms with Crippen molar-refractivity contribution in [3.05, 3.63) is 65.4 Å². The number of nitrogens with one attached hydrogen (secondary N) is 1. The number of ether oxygens (including phenoxy) is 1. The number of aromatic nitrogens is 1. The molecule has 2 aromatic carbocycles. The summed E-state index contributed by atoms with van der Waals surface area (Å²) in [6.45, 7) is 2.54. The summed E-state index contributed by atoms with van der Waals surface area (Å²) in [6, 6.07) is 16.3. The summed E-state index contributed by atoms with van der Waals surface area (Å²) in [5.41, 5.74) is 2.92. The Morgan fingerprint density at radius 2 is 1.81 bits per heavy atom. The van der Waals surface area contributed by atoms with Gasteiger partial charge in [-0.3, -0.25) is 9.59 Å². The average molecular weight is 415 g/mol. The molecule has 6 heteroatoms. The van der Waals surface area contributed by atoms with Crippen LogP contribution >= 0.6 is 0 Å². The van der Waals surface area contributed by atoms with Gasteiger partial charge < -0.3 is 19.5 Å². The molecule has 2 atom stereocenters. The second-order valence-corrected chi connectivity index (χ2v) is 8.99. The monoisotopic (exact) mass is 415 g/mol. The number of amides is 2. The van der Waals surface area contributed by atoms with Crippen LogP contribution in [-0.4, -0.2) is 52.8 Å². The van der Waals surface area contributed by atoms with Crippen LogP contribution in [0.4, 0.5) is 0 Å². The van der Waals surface area contributed by atoms with Crippen molar-refractivity contribution in [2.75, 3.05) is 20.2 Å². The molecule has 2 amide bonds. The Morgan fingerprint density at radius 1 is 1.06 bits per heavy atom. The first-order valence-electron chi connectivity index (χ1n) is 10.9. The van der Waals surface area contributed by atoms with Gasteiger partial charge >= 0.3 is 0 Å². The van der Waals surface area contributed by atoms with Gasteiger partial charge in [0.1, 0.15) is 12.3 Å². The van der Waals surface area contributed by atoms with E-state index < -0.39 is 5.54 Å². The van der Waals surface area contributed by atoms with Crippen LogP contribution < -0.4 is 4.74 Å². The molecule has 1 aliphatic carbocycles. The van der Waals surface area contributed by atoms with Crippen LogP contribution in [0, 0.1) is 0 Å². The second kappa shape index (κ2) is 6.36. The molecular weight excluding hydrogens is 390 g/mol. The molecule has 0 spiro atoms. The number of piperazine rings is 1. The van der Waals surface area contributed by atoms with Gasteiger partial charge in [0, 0.05) is 35.0 Å². The first-order valence-corrected chi connectivity index (χ1v) is 10.9. The molecule has 1 saturated heterocycles. The van der Waals surface area contributed by atoms with E-state index in [1.165, 1.54) is 0 Å². The smallest absolute Gasteiger partial charge is 0.255 e. The Balaban J connectivity index is 1.62. The number of hydrogen-bond acceptors (Lipinski definition) is 3. The SMILES string of the molecule is COc1ccccc1C1CN2C(=O)CN(C3CC3)C(=O)C2(C)c2[nH]c3ccccc3c21. The fourth-order valence-electron chi connectivity index (χ4n) is 5.55. The van der Waals surface area contributed by atoms with Gasteiger partial charge in [-0.25, -0.2) is 0 Å². The van der Waals surface area contributed by atoms with E-state index in [1.807, 2.05) is 43.3 Å². The average Bonchev–Trinajstić information content (AvgIpc) is 3.56. The highest BCUT2D eigenvalue weighted by atomic mass is 16.5. The van der Waals surface area contributed by atoms with Crippen LogP contribution in [0.3, 0.4) is 0 Å². The number of para-hydroxylation sites is 2. The van der Waals surface area contributed by atoms with Gasteiger partial charge in [0.15, 0.2) is 5.54 Å². The molecule has 3 aromatic rings. The number of fused-ring (bicyclic) bond motifs is 5. The molecule has 3 aliphatic rings. The van der Waals surface area contributed by atoms with Crippen molar-refractivity contribution in [3.8, 4) is 5.75 Å². The van der Waals surface area contributed by atoms with Gasteiger partial charge in [-0.05, 0) is 37.5 Å². The number of methoxy groups -OCH3 is 1. The number of carbonyl (C=O) groups is 2. The number of hydrogen-bond donors (Lipinski definition) is 1. The maximum absolute atomic E-state index is 13.8. The molecule has 2 fully saturated rings. The van der Waals surface area contributed by atoms with Gasteiger partial charge in [0.2, 0.25) is 5.91 Å². The predicted molar refractivity (Wildman–Crippen MR) is 117 cm³/mol. The summed E-state index contributed by atoms with van der Waals surface area (Å²) in [5, 5.41) is 1.10. The molecule has 1 N–H and O–H groups in total. The summed E-state index contributed by atoms with van der Waals surface area (Å²) >= 11 is 0. The van der Waals surface area contributed by atoms with E-state index in [0.717, 1.165) is 46.3 Å². The Labute approximate surface area is 180 Å². The molecule has 2 unspecified atom stereocenters. The van der Waals surface area contributed by atoms with E-state index in [2.05, 4.69) is 17.1 Å². The van der Waals surface area contributed by atoms with Crippen LogP contribution in [0.2, 0.25) is 0 Å². The molecule has 31 heavy (non-hydrogen) atoms. The maximum atomic E-state index is 13.8. The molecule has 1 aromatic heterocycles. The lowest BCUT2D eigenvalue weighted by Gasteiger charge is -2.51. The van der Waals surface area contributed by atoms with E-state index in [0.29, 0.717) is 6.54 Å². The lowest BCUT2D eigenvalue weighted by molar-refractivity contribution is -0.166. The number of aromatic amines is 1. The molecule has 2 aliphatic heterocycles. The highest BCUT2D eigenvalue weighted by Crippen LogP contribution is 2.50. The van der Waals surface area contributed by atoms with E-state index >= 15 is 0 Å². The predicted octanol–water partition coefficient (Wildman–Crippen LogP) is 3.37. The molecule has 0 bridgehead atoms. The van der Waals surface area contributed by atoms with Crippen LogP contribution in [0.5, 0.6) is 5.75 Å². The Kier molecular flexibility index (Phi) is 3.79. The van der Waals surface area contributed by atoms with Crippen molar-refractivity contribution >= 4 is 22.7 Å². The van der Waals surface area contributed by atoms with Crippen molar-refractivity contribution in [1.29, 1.82) is 0 Å². The lowest BCUT2D eigenvalue weighted by atomic mass is 9.76. The first-order chi connectivity index (χ1) is 15.0. The number of nitrogens with zero attached hydrogens (tertiary/aromatic N) is 2.